The lowest BCUT2D eigenvalue weighted by Gasteiger charge is -2.28. The first-order valence-electron chi connectivity index (χ1n) is 18.6. The molecule has 1 aliphatic carbocycles. The molecule has 0 N–H and O–H groups in total. The molecule has 0 saturated carbocycles. The second kappa shape index (κ2) is 11.8. The third-order valence-electron chi connectivity index (χ3n) is 11.5. The summed E-state index contributed by atoms with van der Waals surface area (Å²) < 4.78 is 9.29. The molecule has 54 heavy (non-hydrogen) atoms. The van der Waals surface area contributed by atoms with Gasteiger partial charge in [-0.3, -0.25) is 0 Å². The van der Waals surface area contributed by atoms with Crippen molar-refractivity contribution in [2.75, 3.05) is 4.90 Å². The number of fused-ring (bicyclic) bond motifs is 10. The predicted molar refractivity (Wildman–Crippen MR) is 230 cm³/mol. The third-order valence-corrected chi connectivity index (χ3v) is 12.7. The Morgan fingerprint density at radius 2 is 1.13 bits per heavy atom. The Kier molecular flexibility index (Phi) is 6.80. The SMILES string of the molecule is CC1(C)c2ccccc2-c2ccc(N(c3ccccc3)c3ccc(-c4cc5c6cc(-c7ccccc7)ccc6sc5c5c4oc4ccccc45)cc3)cc21. The molecular weight excluding hydrogens is 675 g/mol. The quantitative estimate of drug-likeness (QED) is 0.177. The maximum absolute atomic E-state index is 6.74. The standard InChI is InChI=1S/C51H35NOS/c1-51(2)44-19-11-9-17-38(44)39-27-26-37(30-45(39)51)52(35-15-7-4-8-16-35)36-24-21-33(22-25-36)41-31-43-42-29-34(32-13-5-3-6-14-32)23-28-47(42)54-50(43)48-40-18-10-12-20-46(40)53-49(41)48/h3-31H,1-2H3. The Morgan fingerprint density at radius 1 is 0.463 bits per heavy atom. The summed E-state index contributed by atoms with van der Waals surface area (Å²) >= 11 is 1.86. The number of rotatable bonds is 5. The van der Waals surface area contributed by atoms with E-state index < -0.39 is 0 Å². The van der Waals surface area contributed by atoms with Crippen LogP contribution < -0.4 is 4.90 Å². The van der Waals surface area contributed by atoms with Crippen LogP contribution >= 0.6 is 11.3 Å². The number of furan rings is 1. The van der Waals surface area contributed by atoms with Crippen molar-refractivity contribution in [3.05, 3.63) is 187 Å². The number of thiophene rings is 1. The van der Waals surface area contributed by atoms with Gasteiger partial charge in [0.2, 0.25) is 0 Å². The van der Waals surface area contributed by atoms with Crippen LogP contribution in [0.4, 0.5) is 17.1 Å². The Morgan fingerprint density at radius 3 is 1.96 bits per heavy atom. The molecule has 2 nitrogen and oxygen atoms in total. The first kappa shape index (κ1) is 31.1. The van der Waals surface area contributed by atoms with Gasteiger partial charge in [0.05, 0.1) is 0 Å². The summed E-state index contributed by atoms with van der Waals surface area (Å²) in [4.78, 5) is 2.38. The number of hydrogen-bond acceptors (Lipinski definition) is 3. The van der Waals surface area contributed by atoms with Gasteiger partial charge in [0.1, 0.15) is 11.2 Å². The predicted octanol–water partition coefficient (Wildman–Crippen LogP) is 15.1. The molecule has 0 saturated heterocycles. The van der Waals surface area contributed by atoms with Crippen molar-refractivity contribution >= 4 is 70.5 Å². The zero-order valence-electron chi connectivity index (χ0n) is 30.0. The van der Waals surface area contributed by atoms with Gasteiger partial charge in [-0.2, -0.15) is 0 Å². The zero-order chi connectivity index (χ0) is 36.0. The number of anilines is 3. The van der Waals surface area contributed by atoms with Gasteiger partial charge in [-0.15, -0.1) is 11.3 Å². The van der Waals surface area contributed by atoms with E-state index in [2.05, 4.69) is 195 Å². The molecular formula is C51H35NOS. The molecule has 0 spiro atoms. The lowest BCUT2D eigenvalue weighted by molar-refractivity contribution is 0.660. The van der Waals surface area contributed by atoms with Crippen LogP contribution in [0.25, 0.3) is 75.5 Å². The monoisotopic (exact) mass is 709 g/mol. The summed E-state index contributed by atoms with van der Waals surface area (Å²) in [6.45, 7) is 4.69. The fourth-order valence-electron chi connectivity index (χ4n) is 8.79. The minimum atomic E-state index is -0.0849. The van der Waals surface area contributed by atoms with Crippen LogP contribution in [-0.2, 0) is 5.41 Å². The van der Waals surface area contributed by atoms with E-state index in [9.17, 15) is 0 Å². The lowest BCUT2D eigenvalue weighted by atomic mass is 9.82. The van der Waals surface area contributed by atoms with Crippen molar-refractivity contribution in [1.82, 2.24) is 0 Å². The number of hydrogen-bond donors (Lipinski definition) is 0. The molecule has 0 unspecified atom stereocenters. The van der Waals surface area contributed by atoms with E-state index in [0.29, 0.717) is 0 Å². The average molecular weight is 710 g/mol. The summed E-state index contributed by atoms with van der Waals surface area (Å²) in [7, 11) is 0. The molecule has 8 aromatic carbocycles. The Hall–Kier alpha value is -6.42. The molecule has 3 heteroatoms. The van der Waals surface area contributed by atoms with E-state index in [1.54, 1.807) is 0 Å². The van der Waals surface area contributed by atoms with E-state index in [4.69, 9.17) is 4.42 Å². The normalized spacial score (nSPS) is 13.1. The molecule has 2 heterocycles. The highest BCUT2D eigenvalue weighted by Gasteiger charge is 2.35. The van der Waals surface area contributed by atoms with Gasteiger partial charge in [-0.25, -0.2) is 0 Å². The molecule has 11 rings (SSSR count). The van der Waals surface area contributed by atoms with Crippen LogP contribution in [0, 0.1) is 0 Å². The largest absolute Gasteiger partial charge is 0.455 e. The summed E-state index contributed by atoms with van der Waals surface area (Å²) in [6, 6.07) is 63.9. The Balaban J connectivity index is 1.08. The molecule has 0 bridgehead atoms. The number of benzene rings is 8. The Bertz CT molecular complexity index is 3060. The topological polar surface area (TPSA) is 16.4 Å². The van der Waals surface area contributed by atoms with Crippen LogP contribution in [0.1, 0.15) is 25.0 Å². The van der Waals surface area contributed by atoms with Crippen LogP contribution in [-0.4, -0.2) is 0 Å². The van der Waals surface area contributed by atoms with Crippen LogP contribution in [0.15, 0.2) is 180 Å². The van der Waals surface area contributed by atoms with Crippen LogP contribution in [0.5, 0.6) is 0 Å². The van der Waals surface area contributed by atoms with Crippen molar-refractivity contribution in [2.45, 2.75) is 19.3 Å². The van der Waals surface area contributed by atoms with Crippen LogP contribution in [0.3, 0.4) is 0 Å². The maximum atomic E-state index is 6.74. The van der Waals surface area contributed by atoms with Crippen molar-refractivity contribution in [2.24, 2.45) is 0 Å². The molecule has 2 aromatic heterocycles. The molecule has 0 atom stereocenters. The summed E-state index contributed by atoms with van der Waals surface area (Å²) in [6.07, 6.45) is 0. The summed E-state index contributed by atoms with van der Waals surface area (Å²) in [5, 5.41) is 4.89. The first-order chi connectivity index (χ1) is 26.5. The van der Waals surface area contributed by atoms with Gasteiger partial charge < -0.3 is 9.32 Å². The maximum Gasteiger partial charge on any atom is 0.144 e. The van der Waals surface area contributed by atoms with Crippen molar-refractivity contribution in [3.63, 3.8) is 0 Å². The van der Waals surface area contributed by atoms with Gasteiger partial charge in [-0.05, 0) is 99.6 Å². The molecule has 0 amide bonds. The average Bonchev–Trinajstić information content (AvgIpc) is 3.86. The fourth-order valence-corrected chi connectivity index (χ4v) is 10.0. The van der Waals surface area contributed by atoms with Gasteiger partial charge in [0.15, 0.2) is 0 Å². The highest BCUT2D eigenvalue weighted by molar-refractivity contribution is 7.26. The van der Waals surface area contributed by atoms with Crippen molar-refractivity contribution in [1.29, 1.82) is 0 Å². The van der Waals surface area contributed by atoms with Gasteiger partial charge in [0, 0.05) is 59.0 Å². The molecule has 1 aliphatic rings. The molecule has 0 radical (unpaired) electrons. The van der Waals surface area contributed by atoms with Crippen molar-refractivity contribution < 1.29 is 4.42 Å². The zero-order valence-corrected chi connectivity index (χ0v) is 30.8. The smallest absolute Gasteiger partial charge is 0.144 e. The number of nitrogens with zero attached hydrogens (tertiary/aromatic N) is 1. The van der Waals surface area contributed by atoms with Crippen molar-refractivity contribution in [3.8, 4) is 33.4 Å². The lowest BCUT2D eigenvalue weighted by Crippen LogP contribution is -2.16. The minimum absolute atomic E-state index is 0.0849. The molecule has 10 aromatic rings. The van der Waals surface area contributed by atoms with Gasteiger partial charge in [0.25, 0.3) is 0 Å². The highest BCUT2D eigenvalue weighted by atomic mass is 32.1. The molecule has 0 aliphatic heterocycles. The second-order valence-electron chi connectivity index (χ2n) is 14.9. The Labute approximate surface area is 318 Å². The third kappa shape index (κ3) is 4.65. The summed E-state index contributed by atoms with van der Waals surface area (Å²) in [5.74, 6) is 0. The molecule has 0 fully saturated rings. The van der Waals surface area contributed by atoms with Gasteiger partial charge in [-0.1, -0.05) is 129 Å². The van der Waals surface area contributed by atoms with E-state index in [-0.39, 0.29) is 5.41 Å². The van der Waals surface area contributed by atoms with E-state index in [0.717, 1.165) is 44.7 Å². The first-order valence-corrected chi connectivity index (χ1v) is 19.4. The van der Waals surface area contributed by atoms with Crippen LogP contribution in [0.2, 0.25) is 0 Å². The minimum Gasteiger partial charge on any atom is -0.455 e. The molecule has 256 valence electrons. The summed E-state index contributed by atoms with van der Waals surface area (Å²) in [5.41, 5.74) is 15.2. The number of para-hydroxylation sites is 2. The van der Waals surface area contributed by atoms with E-state index in [1.165, 1.54) is 58.9 Å². The highest BCUT2D eigenvalue weighted by Crippen LogP contribution is 2.51. The van der Waals surface area contributed by atoms with Gasteiger partial charge >= 0.3 is 0 Å². The van der Waals surface area contributed by atoms with E-state index >= 15 is 0 Å². The van der Waals surface area contributed by atoms with E-state index in [1.807, 2.05) is 11.3 Å². The fraction of sp³-hybridized carbons (Fsp3) is 0.0588. The second-order valence-corrected chi connectivity index (χ2v) is 16.0.